The molecule has 2 atom stereocenters. The first kappa shape index (κ1) is 20.0. The second-order valence-electron chi connectivity index (χ2n) is 7.03. The Hall–Kier alpha value is -2.77. The average Bonchev–Trinajstić information content (AvgIpc) is 2.77. The van der Waals surface area contributed by atoms with Crippen molar-refractivity contribution in [3.8, 4) is 0 Å². The number of methoxy groups -OCH3 is 2. The lowest BCUT2D eigenvalue weighted by Gasteiger charge is -2.43. The Morgan fingerprint density at radius 2 is 1.61 bits per heavy atom. The molecule has 2 aliphatic rings. The van der Waals surface area contributed by atoms with E-state index in [-0.39, 0.29) is 5.91 Å². The van der Waals surface area contributed by atoms with Crippen LogP contribution >= 0.6 is 0 Å². The van der Waals surface area contributed by atoms with E-state index in [2.05, 4.69) is 4.90 Å². The highest BCUT2D eigenvalue weighted by molar-refractivity contribution is 5.91. The van der Waals surface area contributed by atoms with Crippen molar-refractivity contribution in [3.05, 3.63) is 30.3 Å². The zero-order valence-corrected chi connectivity index (χ0v) is 16.4. The highest BCUT2D eigenvalue weighted by atomic mass is 16.5. The van der Waals surface area contributed by atoms with Gasteiger partial charge in [0.25, 0.3) is 0 Å². The van der Waals surface area contributed by atoms with Gasteiger partial charge < -0.3 is 19.3 Å². The first-order valence-corrected chi connectivity index (χ1v) is 9.58. The van der Waals surface area contributed by atoms with Crippen molar-refractivity contribution in [2.45, 2.75) is 18.9 Å². The van der Waals surface area contributed by atoms with E-state index in [1.54, 1.807) is 4.90 Å². The molecule has 1 aromatic rings. The maximum atomic E-state index is 13.3. The van der Waals surface area contributed by atoms with Crippen LogP contribution < -0.4 is 4.90 Å². The molecule has 0 spiro atoms. The number of ether oxygens (including phenoxy) is 2. The predicted molar refractivity (Wildman–Crippen MR) is 103 cm³/mol. The summed E-state index contributed by atoms with van der Waals surface area (Å²) in [6, 6.07) is 9.17. The van der Waals surface area contributed by atoms with Gasteiger partial charge in [-0.3, -0.25) is 14.5 Å². The quantitative estimate of drug-likeness (QED) is 0.727. The number of anilines is 1. The molecule has 1 aromatic carbocycles. The van der Waals surface area contributed by atoms with Crippen molar-refractivity contribution < 1.29 is 23.9 Å². The van der Waals surface area contributed by atoms with E-state index in [1.165, 1.54) is 19.1 Å². The average molecular weight is 389 g/mol. The van der Waals surface area contributed by atoms with E-state index < -0.39 is 24.0 Å². The van der Waals surface area contributed by atoms with Crippen LogP contribution in [0.15, 0.2) is 30.3 Å². The summed E-state index contributed by atoms with van der Waals surface area (Å²) < 4.78 is 9.75. The van der Waals surface area contributed by atoms with Crippen molar-refractivity contribution in [1.82, 2.24) is 9.80 Å². The summed E-state index contributed by atoms with van der Waals surface area (Å²) in [6.07, 6.45) is 0.552. The van der Waals surface area contributed by atoms with Gasteiger partial charge in [0, 0.05) is 38.4 Å². The molecule has 0 aliphatic carbocycles. The topological polar surface area (TPSA) is 79.4 Å². The summed E-state index contributed by atoms with van der Waals surface area (Å²) >= 11 is 0. The zero-order chi connectivity index (χ0) is 20.1. The molecule has 28 heavy (non-hydrogen) atoms. The van der Waals surface area contributed by atoms with Gasteiger partial charge in [0.15, 0.2) is 0 Å². The number of esters is 1. The number of carbonyl (C=O) groups excluding carboxylic acids is 3. The smallest absolute Gasteiger partial charge is 0.410 e. The molecule has 2 fully saturated rings. The zero-order valence-electron chi connectivity index (χ0n) is 16.4. The van der Waals surface area contributed by atoms with Crippen molar-refractivity contribution in [3.63, 3.8) is 0 Å². The lowest BCUT2D eigenvalue weighted by molar-refractivity contribution is -0.156. The van der Waals surface area contributed by atoms with E-state index in [0.29, 0.717) is 45.6 Å². The fraction of sp³-hybridized carbons (Fsp3) is 0.550. The van der Waals surface area contributed by atoms with E-state index in [1.807, 2.05) is 30.3 Å². The molecular weight excluding hydrogens is 362 g/mol. The predicted octanol–water partition coefficient (Wildman–Crippen LogP) is 1.36. The summed E-state index contributed by atoms with van der Waals surface area (Å²) in [5.74, 6) is -1.35. The third kappa shape index (κ3) is 4.05. The number of piperazine rings is 1. The van der Waals surface area contributed by atoms with Crippen LogP contribution in [0.2, 0.25) is 0 Å². The number of piperidine rings is 1. The molecule has 2 amide bonds. The van der Waals surface area contributed by atoms with Gasteiger partial charge in [-0.1, -0.05) is 18.2 Å². The molecule has 2 aliphatic heterocycles. The summed E-state index contributed by atoms with van der Waals surface area (Å²) in [7, 11) is 2.59. The molecule has 8 heteroatoms. The Morgan fingerprint density at radius 1 is 0.929 bits per heavy atom. The van der Waals surface area contributed by atoms with Crippen LogP contribution in [0.3, 0.4) is 0 Å². The molecule has 2 unspecified atom stereocenters. The Kier molecular flexibility index (Phi) is 6.38. The maximum absolute atomic E-state index is 13.3. The van der Waals surface area contributed by atoms with Crippen LogP contribution in [0, 0.1) is 5.92 Å². The minimum atomic E-state index is -0.878. The lowest BCUT2D eigenvalue weighted by atomic mass is 9.88. The third-order valence-corrected chi connectivity index (χ3v) is 5.51. The summed E-state index contributed by atoms with van der Waals surface area (Å²) in [5, 5.41) is 0. The van der Waals surface area contributed by atoms with Crippen LogP contribution in [0.1, 0.15) is 12.8 Å². The molecule has 0 N–H and O–H groups in total. The third-order valence-electron chi connectivity index (χ3n) is 5.51. The van der Waals surface area contributed by atoms with E-state index in [0.717, 1.165) is 5.69 Å². The second-order valence-corrected chi connectivity index (χ2v) is 7.03. The van der Waals surface area contributed by atoms with Crippen molar-refractivity contribution >= 4 is 23.7 Å². The van der Waals surface area contributed by atoms with Gasteiger partial charge in [-0.2, -0.15) is 0 Å². The maximum Gasteiger partial charge on any atom is 0.410 e. The van der Waals surface area contributed by atoms with Crippen LogP contribution in [-0.4, -0.2) is 80.8 Å². The molecule has 8 nitrogen and oxygen atoms in total. The number of nitrogens with zero attached hydrogens (tertiary/aromatic N) is 3. The number of para-hydroxylation sites is 1. The molecular formula is C20H27N3O5. The highest BCUT2D eigenvalue weighted by Gasteiger charge is 2.45. The van der Waals surface area contributed by atoms with Crippen molar-refractivity contribution in [2.24, 2.45) is 5.92 Å². The van der Waals surface area contributed by atoms with E-state index >= 15 is 0 Å². The van der Waals surface area contributed by atoms with Gasteiger partial charge in [-0.05, 0) is 25.0 Å². The number of amides is 2. The fourth-order valence-electron chi connectivity index (χ4n) is 4.03. The summed E-state index contributed by atoms with van der Waals surface area (Å²) in [5.41, 5.74) is 1.12. The molecule has 0 radical (unpaired) electrons. The van der Waals surface area contributed by atoms with Gasteiger partial charge in [-0.15, -0.1) is 0 Å². The van der Waals surface area contributed by atoms with Gasteiger partial charge >= 0.3 is 12.1 Å². The standard InChI is InChI=1S/C20H27N3O5/c1-27-19(25)16-9-6-10-23(20(26)28-2)17(16)18(24)22-13-11-21(12-14-22)15-7-4-3-5-8-15/h3-5,7-8,16-17H,6,9-14H2,1-2H3. The minimum absolute atomic E-state index is 0.215. The van der Waals surface area contributed by atoms with Crippen molar-refractivity contribution in [2.75, 3.05) is 51.8 Å². The van der Waals surface area contributed by atoms with Crippen LogP contribution in [0.5, 0.6) is 0 Å². The van der Waals surface area contributed by atoms with Crippen molar-refractivity contribution in [1.29, 1.82) is 0 Å². The van der Waals surface area contributed by atoms with Crippen LogP contribution in [0.4, 0.5) is 10.5 Å². The van der Waals surface area contributed by atoms with Crippen LogP contribution in [-0.2, 0) is 19.1 Å². The Bertz CT molecular complexity index is 679. The molecule has 152 valence electrons. The Balaban J connectivity index is 1.73. The largest absolute Gasteiger partial charge is 0.469 e. The highest BCUT2D eigenvalue weighted by Crippen LogP contribution is 2.28. The van der Waals surface area contributed by atoms with Gasteiger partial charge in [0.05, 0.1) is 20.1 Å². The normalized spacial score (nSPS) is 22.6. The first-order valence-electron chi connectivity index (χ1n) is 9.58. The number of likely N-dealkylation sites (tertiary alicyclic amines) is 1. The summed E-state index contributed by atoms with van der Waals surface area (Å²) in [4.78, 5) is 43.1. The molecule has 2 heterocycles. The summed E-state index contributed by atoms with van der Waals surface area (Å²) in [6.45, 7) is 2.86. The number of benzene rings is 1. The Morgan fingerprint density at radius 3 is 2.21 bits per heavy atom. The Labute approximate surface area is 165 Å². The number of hydrogen-bond acceptors (Lipinski definition) is 6. The minimum Gasteiger partial charge on any atom is -0.469 e. The SMILES string of the molecule is COC(=O)C1CCCN(C(=O)OC)C1C(=O)N1CCN(c2ccccc2)CC1. The first-order chi connectivity index (χ1) is 13.6. The molecule has 0 aromatic heterocycles. The number of rotatable bonds is 3. The number of hydrogen-bond donors (Lipinski definition) is 0. The monoisotopic (exact) mass is 389 g/mol. The number of carbonyl (C=O) groups is 3. The molecule has 3 rings (SSSR count). The van der Waals surface area contributed by atoms with Crippen LogP contribution in [0.25, 0.3) is 0 Å². The lowest BCUT2D eigenvalue weighted by Crippen LogP contribution is -2.61. The molecule has 0 bridgehead atoms. The fourth-order valence-corrected chi connectivity index (χ4v) is 4.03. The molecule has 2 saturated heterocycles. The van der Waals surface area contributed by atoms with E-state index in [9.17, 15) is 14.4 Å². The van der Waals surface area contributed by atoms with E-state index in [4.69, 9.17) is 9.47 Å². The van der Waals surface area contributed by atoms with Gasteiger partial charge in [0.1, 0.15) is 6.04 Å². The van der Waals surface area contributed by atoms with Gasteiger partial charge in [-0.25, -0.2) is 4.79 Å². The van der Waals surface area contributed by atoms with Gasteiger partial charge in [0.2, 0.25) is 5.91 Å². The molecule has 0 saturated carbocycles. The second kappa shape index (κ2) is 8.95.